The predicted molar refractivity (Wildman–Crippen MR) is 82.5 cm³/mol. The maximum absolute atomic E-state index is 12.1. The van der Waals surface area contributed by atoms with E-state index in [0.29, 0.717) is 6.42 Å². The molecule has 2 amide bonds. The lowest BCUT2D eigenvalue weighted by atomic mass is 9.82. The molecular weight excluding hydrogens is 270 g/mol. The lowest BCUT2D eigenvalue weighted by molar-refractivity contribution is -0.134. The van der Waals surface area contributed by atoms with Gasteiger partial charge in [-0.05, 0) is 46.8 Å². The first-order valence-electron chi connectivity index (χ1n) is 7.30. The third-order valence-electron chi connectivity index (χ3n) is 3.54. The molecule has 0 aliphatic heterocycles. The molecule has 1 aliphatic rings. The van der Waals surface area contributed by atoms with Gasteiger partial charge in [0.1, 0.15) is 5.60 Å². The van der Waals surface area contributed by atoms with Gasteiger partial charge in [-0.2, -0.15) is 0 Å². The van der Waals surface area contributed by atoms with Gasteiger partial charge in [-0.15, -0.1) is 0 Å². The average Bonchev–Trinajstić information content (AvgIpc) is 2.35. The van der Waals surface area contributed by atoms with Crippen LogP contribution in [0.15, 0.2) is 4.99 Å². The maximum Gasteiger partial charge on any atom is 0.407 e. The summed E-state index contributed by atoms with van der Waals surface area (Å²) in [5, 5.41) is 2.83. The van der Waals surface area contributed by atoms with E-state index in [9.17, 15) is 9.59 Å². The van der Waals surface area contributed by atoms with Gasteiger partial charge in [-0.25, -0.2) is 4.79 Å². The van der Waals surface area contributed by atoms with Crippen molar-refractivity contribution in [3.05, 3.63) is 0 Å². The monoisotopic (exact) mass is 297 g/mol. The fourth-order valence-electron chi connectivity index (χ4n) is 2.58. The first-order chi connectivity index (χ1) is 9.64. The largest absolute Gasteiger partial charge is 0.444 e. The number of carbonyl (C=O) groups excluding carboxylic acids is 2. The van der Waals surface area contributed by atoms with Gasteiger partial charge in [0.15, 0.2) is 0 Å². The number of aliphatic imine (C=N–C) groups is 1. The Bertz CT molecular complexity index is 401. The summed E-state index contributed by atoms with van der Waals surface area (Å²) in [6, 6.07) is -0.274. The highest BCUT2D eigenvalue weighted by Gasteiger charge is 2.35. The molecule has 6 nitrogen and oxygen atoms in total. The number of ether oxygens (including phenoxy) is 1. The van der Waals surface area contributed by atoms with Crippen molar-refractivity contribution in [1.29, 1.82) is 0 Å². The van der Waals surface area contributed by atoms with Gasteiger partial charge in [0.2, 0.25) is 5.91 Å². The number of alkyl carbamates (subject to hydrolysis) is 1. The first-order valence-corrected chi connectivity index (χ1v) is 7.30. The van der Waals surface area contributed by atoms with Gasteiger partial charge in [0.25, 0.3) is 0 Å². The van der Waals surface area contributed by atoms with Crippen LogP contribution >= 0.6 is 0 Å². The first kappa shape index (κ1) is 17.5. The summed E-state index contributed by atoms with van der Waals surface area (Å²) < 4.78 is 5.27. The summed E-state index contributed by atoms with van der Waals surface area (Å²) in [5.41, 5.74) is -0.547. The molecule has 120 valence electrons. The Hall–Kier alpha value is -1.59. The molecule has 1 N–H and O–H groups in total. The third-order valence-corrected chi connectivity index (χ3v) is 3.54. The van der Waals surface area contributed by atoms with Crippen molar-refractivity contribution in [1.82, 2.24) is 10.2 Å². The highest BCUT2D eigenvalue weighted by atomic mass is 16.6. The van der Waals surface area contributed by atoms with E-state index in [2.05, 4.69) is 17.0 Å². The molecule has 21 heavy (non-hydrogen) atoms. The van der Waals surface area contributed by atoms with E-state index in [0.717, 1.165) is 12.8 Å². The average molecular weight is 297 g/mol. The van der Waals surface area contributed by atoms with Crippen molar-refractivity contribution < 1.29 is 14.3 Å². The SMILES string of the molecule is C=N[C@@H]1CC[C@H](C(=O)N(C)C)C[C@H]1NC(=O)OC(C)(C)C. The second-order valence-electron chi connectivity index (χ2n) is 6.75. The minimum absolute atomic E-state index is 0.0660. The van der Waals surface area contributed by atoms with E-state index in [1.165, 1.54) is 0 Å². The van der Waals surface area contributed by atoms with Crippen molar-refractivity contribution >= 4 is 18.7 Å². The third kappa shape index (κ3) is 5.36. The number of hydrogen-bond donors (Lipinski definition) is 1. The standard InChI is InChI=1S/C15H27N3O3/c1-15(2,3)21-14(20)17-12-9-10(13(19)18(5)6)7-8-11(12)16-4/h10-12H,4,7-9H2,1-3,5-6H3,(H,17,20)/t10-,11+,12+/m0/s1. The zero-order chi connectivity index (χ0) is 16.2. The van der Waals surface area contributed by atoms with Crippen molar-refractivity contribution in [3.63, 3.8) is 0 Å². The summed E-state index contributed by atoms with van der Waals surface area (Å²) in [6.07, 6.45) is 1.61. The van der Waals surface area contributed by atoms with Gasteiger partial charge in [0, 0.05) is 20.0 Å². The second-order valence-corrected chi connectivity index (χ2v) is 6.75. The Labute approximate surface area is 126 Å². The van der Waals surface area contributed by atoms with Crippen molar-refractivity contribution in [3.8, 4) is 0 Å². The minimum Gasteiger partial charge on any atom is -0.444 e. The van der Waals surface area contributed by atoms with E-state index in [1.807, 2.05) is 20.8 Å². The number of nitrogens with zero attached hydrogens (tertiary/aromatic N) is 2. The summed E-state index contributed by atoms with van der Waals surface area (Å²) in [6.45, 7) is 9.03. The molecule has 1 rings (SSSR count). The number of hydrogen-bond acceptors (Lipinski definition) is 4. The van der Waals surface area contributed by atoms with E-state index < -0.39 is 11.7 Å². The molecule has 0 unspecified atom stereocenters. The fourth-order valence-corrected chi connectivity index (χ4v) is 2.58. The Kier molecular flexibility index (Phi) is 5.75. The van der Waals surface area contributed by atoms with E-state index in [-0.39, 0.29) is 23.9 Å². The smallest absolute Gasteiger partial charge is 0.407 e. The van der Waals surface area contributed by atoms with E-state index in [4.69, 9.17) is 4.74 Å². The van der Waals surface area contributed by atoms with Crippen LogP contribution in [0.1, 0.15) is 40.0 Å². The van der Waals surface area contributed by atoms with Crippen LogP contribution in [-0.2, 0) is 9.53 Å². The number of rotatable bonds is 3. The molecule has 0 radical (unpaired) electrons. The summed E-state index contributed by atoms with van der Waals surface area (Å²) >= 11 is 0. The van der Waals surface area contributed by atoms with Crippen molar-refractivity contribution in [2.75, 3.05) is 14.1 Å². The van der Waals surface area contributed by atoms with Crippen LogP contribution in [0.5, 0.6) is 0 Å². The predicted octanol–water partition coefficient (Wildman–Crippen LogP) is 1.84. The Balaban J connectivity index is 2.69. The molecule has 6 heteroatoms. The van der Waals surface area contributed by atoms with Crippen LogP contribution in [-0.4, -0.2) is 55.4 Å². The summed E-state index contributed by atoms with van der Waals surface area (Å²) in [4.78, 5) is 29.7. The van der Waals surface area contributed by atoms with E-state index >= 15 is 0 Å². The quantitative estimate of drug-likeness (QED) is 0.808. The van der Waals surface area contributed by atoms with Gasteiger partial charge < -0.3 is 15.0 Å². The maximum atomic E-state index is 12.1. The fraction of sp³-hybridized carbons (Fsp3) is 0.800. The molecule has 0 saturated heterocycles. The zero-order valence-corrected chi connectivity index (χ0v) is 13.7. The molecule has 0 aromatic carbocycles. The van der Waals surface area contributed by atoms with Gasteiger partial charge in [-0.1, -0.05) is 0 Å². The molecule has 1 fully saturated rings. The Morgan fingerprint density at radius 1 is 1.29 bits per heavy atom. The number of amides is 2. The number of carbonyl (C=O) groups is 2. The Morgan fingerprint density at radius 3 is 2.38 bits per heavy atom. The number of nitrogens with one attached hydrogen (secondary N) is 1. The molecule has 0 aromatic rings. The van der Waals surface area contributed by atoms with Crippen molar-refractivity contribution in [2.45, 2.75) is 57.7 Å². The molecule has 1 saturated carbocycles. The lowest BCUT2D eigenvalue weighted by Crippen LogP contribution is -2.49. The van der Waals surface area contributed by atoms with Gasteiger partial charge >= 0.3 is 6.09 Å². The summed E-state index contributed by atoms with van der Waals surface area (Å²) in [5.74, 6) is 0.00596. The van der Waals surface area contributed by atoms with Crippen LogP contribution < -0.4 is 5.32 Å². The lowest BCUT2D eigenvalue weighted by Gasteiger charge is -2.35. The summed E-state index contributed by atoms with van der Waals surface area (Å²) in [7, 11) is 3.49. The van der Waals surface area contributed by atoms with Crippen molar-refractivity contribution in [2.24, 2.45) is 10.9 Å². The Morgan fingerprint density at radius 2 is 1.90 bits per heavy atom. The van der Waals surface area contributed by atoms with Crippen LogP contribution in [0, 0.1) is 5.92 Å². The molecule has 1 aliphatic carbocycles. The van der Waals surface area contributed by atoms with Gasteiger partial charge in [0.05, 0.1) is 12.1 Å². The minimum atomic E-state index is -0.547. The molecule has 3 atom stereocenters. The molecule has 0 spiro atoms. The highest BCUT2D eigenvalue weighted by Crippen LogP contribution is 2.28. The van der Waals surface area contributed by atoms with Crippen LogP contribution in [0.25, 0.3) is 0 Å². The molecule has 0 aromatic heterocycles. The van der Waals surface area contributed by atoms with Gasteiger partial charge in [-0.3, -0.25) is 9.79 Å². The zero-order valence-electron chi connectivity index (χ0n) is 13.7. The highest BCUT2D eigenvalue weighted by molar-refractivity contribution is 5.78. The van der Waals surface area contributed by atoms with Crippen LogP contribution in [0.2, 0.25) is 0 Å². The molecule has 0 heterocycles. The normalized spacial score (nSPS) is 25.9. The van der Waals surface area contributed by atoms with E-state index in [1.54, 1.807) is 19.0 Å². The molecular formula is C15H27N3O3. The van der Waals surface area contributed by atoms with Crippen LogP contribution in [0.4, 0.5) is 4.79 Å². The molecule has 0 bridgehead atoms. The topological polar surface area (TPSA) is 71.0 Å². The van der Waals surface area contributed by atoms with Crippen LogP contribution in [0.3, 0.4) is 0 Å². The second kappa shape index (κ2) is 6.91.